The van der Waals surface area contributed by atoms with Gasteiger partial charge in [-0.2, -0.15) is 27.4 Å². The highest BCUT2D eigenvalue weighted by Gasteiger charge is 2.39. The van der Waals surface area contributed by atoms with Gasteiger partial charge in [0.25, 0.3) is 0 Å². The summed E-state index contributed by atoms with van der Waals surface area (Å²) in [6.07, 6.45) is 1.27. The Labute approximate surface area is 162 Å². The smallest absolute Gasteiger partial charge is 0.243 e. The minimum Gasteiger partial charge on any atom is -0.354 e. The van der Waals surface area contributed by atoms with Crippen molar-refractivity contribution in [2.75, 3.05) is 18.8 Å². The number of hydrogen-bond acceptors (Lipinski definition) is 5. The maximum atomic E-state index is 12.8. The number of thiophene rings is 1. The zero-order valence-electron chi connectivity index (χ0n) is 14.3. The van der Waals surface area contributed by atoms with Crippen molar-refractivity contribution in [1.82, 2.24) is 9.62 Å². The predicted octanol–water partition coefficient (Wildman–Crippen LogP) is 2.95. The summed E-state index contributed by atoms with van der Waals surface area (Å²) in [4.78, 5) is 12.7. The van der Waals surface area contributed by atoms with Crippen molar-refractivity contribution < 1.29 is 13.2 Å². The molecule has 0 bridgehead atoms. The number of hydrogen-bond donors (Lipinski definition) is 1. The molecule has 2 heterocycles. The van der Waals surface area contributed by atoms with Crippen LogP contribution in [0.25, 0.3) is 0 Å². The first-order chi connectivity index (χ1) is 12.6. The lowest BCUT2D eigenvalue weighted by Gasteiger charge is -2.23. The molecule has 1 aliphatic rings. The van der Waals surface area contributed by atoms with E-state index >= 15 is 0 Å². The van der Waals surface area contributed by atoms with Gasteiger partial charge < -0.3 is 5.32 Å². The number of nitrogens with zero attached hydrogens (tertiary/aromatic N) is 1. The van der Waals surface area contributed by atoms with Crippen LogP contribution in [0.5, 0.6) is 0 Å². The Balaban J connectivity index is 1.52. The van der Waals surface area contributed by atoms with Crippen molar-refractivity contribution in [2.45, 2.75) is 29.5 Å². The molecule has 0 spiro atoms. The van der Waals surface area contributed by atoms with E-state index in [0.29, 0.717) is 25.9 Å². The maximum absolute atomic E-state index is 12.8. The quantitative estimate of drug-likeness (QED) is 0.680. The van der Waals surface area contributed by atoms with Crippen LogP contribution in [0.4, 0.5) is 0 Å². The summed E-state index contributed by atoms with van der Waals surface area (Å²) in [6.45, 7) is 0.936. The summed E-state index contributed by atoms with van der Waals surface area (Å²) < 4.78 is 26.9. The fourth-order valence-corrected chi connectivity index (χ4v) is 6.20. The van der Waals surface area contributed by atoms with E-state index in [0.717, 1.165) is 11.5 Å². The molecule has 1 aromatic carbocycles. The van der Waals surface area contributed by atoms with Gasteiger partial charge in [0.05, 0.1) is 4.90 Å². The van der Waals surface area contributed by atoms with E-state index in [2.05, 4.69) is 22.1 Å². The van der Waals surface area contributed by atoms with Crippen molar-refractivity contribution in [3.63, 3.8) is 0 Å². The van der Waals surface area contributed by atoms with Gasteiger partial charge in [-0.05, 0) is 47.4 Å². The second kappa shape index (κ2) is 9.03. The van der Waals surface area contributed by atoms with Gasteiger partial charge in [0, 0.05) is 24.6 Å². The van der Waals surface area contributed by atoms with Crippen molar-refractivity contribution in [3.8, 4) is 0 Å². The third-order valence-electron chi connectivity index (χ3n) is 4.25. The third-order valence-corrected chi connectivity index (χ3v) is 7.94. The van der Waals surface area contributed by atoms with E-state index in [-0.39, 0.29) is 10.8 Å². The maximum Gasteiger partial charge on any atom is 0.243 e. The summed E-state index contributed by atoms with van der Waals surface area (Å²) in [5.41, 5.74) is 1.29. The summed E-state index contributed by atoms with van der Waals surface area (Å²) >= 11 is 3.44. The molecule has 1 amide bonds. The van der Waals surface area contributed by atoms with Crippen LogP contribution in [-0.2, 0) is 20.6 Å². The first kappa shape index (κ1) is 19.4. The average Bonchev–Trinajstić information content (AvgIpc) is 3.34. The van der Waals surface area contributed by atoms with Gasteiger partial charge in [0.1, 0.15) is 6.04 Å². The van der Waals surface area contributed by atoms with E-state index in [1.165, 1.54) is 9.87 Å². The molecular weight excluding hydrogens is 388 g/mol. The standard InChI is InChI=1S/C18H22N2O3S3/c21-18(19-9-12-25-14-15-8-11-24-13-15)17-7-4-10-20(17)26(22,23)16-5-2-1-3-6-16/h1-3,5-6,8,11,13,17H,4,7,9-10,12,14H2,(H,19,21)/t17-/m1/s1. The first-order valence-electron chi connectivity index (χ1n) is 8.52. The number of amides is 1. The van der Waals surface area contributed by atoms with Crippen molar-refractivity contribution in [1.29, 1.82) is 0 Å². The van der Waals surface area contributed by atoms with Gasteiger partial charge in [-0.15, -0.1) is 0 Å². The molecule has 1 fully saturated rings. The fraction of sp³-hybridized carbons (Fsp3) is 0.389. The molecule has 0 saturated carbocycles. The lowest BCUT2D eigenvalue weighted by molar-refractivity contribution is -0.124. The van der Waals surface area contributed by atoms with Gasteiger partial charge in [0.15, 0.2) is 0 Å². The number of rotatable bonds is 8. The molecule has 5 nitrogen and oxygen atoms in total. The van der Waals surface area contributed by atoms with Crippen LogP contribution in [0.15, 0.2) is 52.1 Å². The van der Waals surface area contributed by atoms with E-state index in [9.17, 15) is 13.2 Å². The fourth-order valence-electron chi connectivity index (χ4n) is 2.95. The number of sulfonamides is 1. The zero-order chi connectivity index (χ0) is 18.4. The van der Waals surface area contributed by atoms with Gasteiger partial charge in [-0.1, -0.05) is 18.2 Å². The Hall–Kier alpha value is -1.35. The molecule has 1 N–H and O–H groups in total. The largest absolute Gasteiger partial charge is 0.354 e. The molecule has 0 aliphatic carbocycles. The summed E-state index contributed by atoms with van der Waals surface area (Å²) in [5.74, 6) is 1.54. The molecule has 3 rings (SSSR count). The van der Waals surface area contributed by atoms with Gasteiger partial charge in [-0.3, -0.25) is 4.79 Å². The van der Waals surface area contributed by atoms with Crippen LogP contribution in [-0.4, -0.2) is 43.5 Å². The van der Waals surface area contributed by atoms with Crippen molar-refractivity contribution in [2.24, 2.45) is 0 Å². The highest BCUT2D eigenvalue weighted by Crippen LogP contribution is 2.26. The molecule has 2 aromatic rings. The molecule has 8 heteroatoms. The Morgan fingerprint density at radius 1 is 1.27 bits per heavy atom. The van der Waals surface area contributed by atoms with E-state index in [4.69, 9.17) is 0 Å². The van der Waals surface area contributed by atoms with Crippen LogP contribution in [0.2, 0.25) is 0 Å². The van der Waals surface area contributed by atoms with Crippen LogP contribution in [0, 0.1) is 0 Å². The number of nitrogens with one attached hydrogen (secondary N) is 1. The molecule has 1 aliphatic heterocycles. The Morgan fingerprint density at radius 3 is 2.81 bits per heavy atom. The highest BCUT2D eigenvalue weighted by atomic mass is 32.2. The molecule has 140 valence electrons. The third kappa shape index (κ3) is 4.68. The highest BCUT2D eigenvalue weighted by molar-refractivity contribution is 7.98. The van der Waals surface area contributed by atoms with E-state index in [1.807, 2.05) is 0 Å². The molecular formula is C18H22N2O3S3. The lowest BCUT2D eigenvalue weighted by Crippen LogP contribution is -2.46. The van der Waals surface area contributed by atoms with Crippen LogP contribution < -0.4 is 5.32 Å². The van der Waals surface area contributed by atoms with Gasteiger partial charge in [0.2, 0.25) is 15.9 Å². The summed E-state index contributed by atoms with van der Waals surface area (Å²) in [5, 5.41) is 7.07. The monoisotopic (exact) mass is 410 g/mol. The van der Waals surface area contributed by atoms with Crippen LogP contribution in [0.3, 0.4) is 0 Å². The summed E-state index contributed by atoms with van der Waals surface area (Å²) in [6, 6.07) is 9.81. The molecule has 1 saturated heterocycles. The SMILES string of the molecule is O=C(NCCSCc1ccsc1)[C@H]1CCCN1S(=O)(=O)c1ccccc1. The van der Waals surface area contributed by atoms with Crippen LogP contribution in [0.1, 0.15) is 18.4 Å². The molecule has 1 atom stereocenters. The molecule has 0 unspecified atom stereocenters. The van der Waals surface area contributed by atoms with E-state index in [1.54, 1.807) is 53.4 Å². The second-order valence-electron chi connectivity index (χ2n) is 6.06. The Morgan fingerprint density at radius 2 is 2.08 bits per heavy atom. The number of benzene rings is 1. The van der Waals surface area contributed by atoms with Crippen molar-refractivity contribution in [3.05, 3.63) is 52.7 Å². The predicted molar refractivity (Wildman–Crippen MR) is 107 cm³/mol. The lowest BCUT2D eigenvalue weighted by atomic mass is 10.2. The number of thioether (sulfide) groups is 1. The first-order valence-corrected chi connectivity index (χ1v) is 12.1. The Kier molecular flexibility index (Phi) is 6.74. The topological polar surface area (TPSA) is 66.5 Å². The minimum atomic E-state index is -3.63. The number of carbonyl (C=O) groups is 1. The van der Waals surface area contributed by atoms with Gasteiger partial charge >= 0.3 is 0 Å². The Bertz CT molecular complexity index is 807. The average molecular weight is 411 g/mol. The summed E-state index contributed by atoms with van der Waals surface area (Å²) in [7, 11) is -3.63. The molecule has 0 radical (unpaired) electrons. The van der Waals surface area contributed by atoms with Gasteiger partial charge in [-0.25, -0.2) is 8.42 Å². The molecule has 26 heavy (non-hydrogen) atoms. The number of carbonyl (C=O) groups excluding carboxylic acids is 1. The zero-order valence-corrected chi connectivity index (χ0v) is 16.8. The normalized spacial score (nSPS) is 18.1. The van der Waals surface area contributed by atoms with Crippen LogP contribution >= 0.6 is 23.1 Å². The molecule has 1 aromatic heterocycles. The van der Waals surface area contributed by atoms with E-state index < -0.39 is 16.1 Å². The minimum absolute atomic E-state index is 0.196. The second-order valence-corrected chi connectivity index (χ2v) is 9.84. The van der Waals surface area contributed by atoms with Crippen molar-refractivity contribution >= 4 is 39.0 Å².